The topological polar surface area (TPSA) is 51.2 Å². The molecule has 6 heteroatoms. The van der Waals surface area contributed by atoms with E-state index in [1.165, 1.54) is 11.1 Å². The lowest BCUT2D eigenvalue weighted by molar-refractivity contribution is 0.632. The molecule has 0 saturated heterocycles. The summed E-state index contributed by atoms with van der Waals surface area (Å²) in [6, 6.07) is 67.2. The van der Waals surface area contributed by atoms with Crippen molar-refractivity contribution in [3.8, 4) is 51.0 Å². The average Bonchev–Trinajstić information content (AvgIpc) is 3.67. The van der Waals surface area contributed by atoms with E-state index >= 15 is 0 Å². The van der Waals surface area contributed by atoms with Crippen LogP contribution in [0.3, 0.4) is 0 Å². The molecule has 0 fully saturated rings. The molecular weight excluding hydrogens is 745 g/mol. The standard InChI is InChI=1S/C55H38N6/c1-55(2)44-33-39(36-17-7-4-8-18-36)27-30-49(44)60(50-31-28-40(34-45(50)55)37-19-9-5-10-20-37)51-32-29-41(35-46(51)56-3)53-57-52(38-21-11-6-12-22-38)58-54(59-53)61-47-25-15-13-23-42(47)43-24-14-16-26-48(43)61/h4-35H,1-2H3. The number of rotatable bonds is 6. The number of hydrogen-bond acceptors (Lipinski definition) is 4. The Morgan fingerprint density at radius 2 is 0.869 bits per heavy atom. The van der Waals surface area contributed by atoms with E-state index in [4.69, 9.17) is 21.5 Å². The van der Waals surface area contributed by atoms with Crippen molar-refractivity contribution in [3.63, 3.8) is 0 Å². The van der Waals surface area contributed by atoms with Gasteiger partial charge in [0.25, 0.3) is 0 Å². The van der Waals surface area contributed by atoms with Crippen LogP contribution in [-0.2, 0) is 5.41 Å². The highest BCUT2D eigenvalue weighted by atomic mass is 15.2. The highest BCUT2D eigenvalue weighted by molar-refractivity contribution is 6.09. The molecular formula is C55H38N6. The van der Waals surface area contributed by atoms with Crippen LogP contribution in [0, 0.1) is 6.57 Å². The van der Waals surface area contributed by atoms with Gasteiger partial charge in [-0.05, 0) is 81.9 Å². The molecule has 0 aliphatic carbocycles. The van der Waals surface area contributed by atoms with Gasteiger partial charge in [0.05, 0.1) is 23.3 Å². The Kier molecular flexibility index (Phi) is 8.43. The van der Waals surface area contributed by atoms with Crippen molar-refractivity contribution in [3.05, 3.63) is 217 Å². The van der Waals surface area contributed by atoms with Gasteiger partial charge in [0.15, 0.2) is 11.6 Å². The monoisotopic (exact) mass is 782 g/mol. The van der Waals surface area contributed by atoms with E-state index in [-0.39, 0.29) is 5.41 Å². The molecule has 0 amide bonds. The maximum atomic E-state index is 8.66. The fourth-order valence-electron chi connectivity index (χ4n) is 9.01. The third-order valence-electron chi connectivity index (χ3n) is 12.1. The molecule has 1 aliphatic heterocycles. The minimum Gasteiger partial charge on any atom is -0.320 e. The fourth-order valence-corrected chi connectivity index (χ4v) is 9.01. The van der Waals surface area contributed by atoms with Crippen molar-refractivity contribution in [2.24, 2.45) is 0 Å². The number of aromatic nitrogens is 4. The summed E-state index contributed by atoms with van der Waals surface area (Å²) in [6.07, 6.45) is 0. The summed E-state index contributed by atoms with van der Waals surface area (Å²) in [5.41, 5.74) is 13.6. The first-order valence-corrected chi connectivity index (χ1v) is 20.5. The molecule has 0 bridgehead atoms. The number of para-hydroxylation sites is 2. The van der Waals surface area contributed by atoms with Crippen LogP contribution in [0.1, 0.15) is 25.0 Å². The predicted molar refractivity (Wildman–Crippen MR) is 249 cm³/mol. The second-order valence-corrected chi connectivity index (χ2v) is 16.0. The highest BCUT2D eigenvalue weighted by Gasteiger charge is 2.38. The Bertz CT molecular complexity index is 3200. The maximum Gasteiger partial charge on any atom is 0.238 e. The smallest absolute Gasteiger partial charge is 0.238 e. The Balaban J connectivity index is 1.10. The number of hydrogen-bond donors (Lipinski definition) is 0. The minimum absolute atomic E-state index is 0.350. The fraction of sp³-hybridized carbons (Fsp3) is 0.0545. The quantitative estimate of drug-likeness (QED) is 0.158. The summed E-state index contributed by atoms with van der Waals surface area (Å²) in [6.45, 7) is 13.3. The molecule has 6 nitrogen and oxygen atoms in total. The van der Waals surface area contributed by atoms with Crippen molar-refractivity contribution in [2.75, 3.05) is 4.90 Å². The predicted octanol–water partition coefficient (Wildman–Crippen LogP) is 14.3. The van der Waals surface area contributed by atoms with Crippen molar-refractivity contribution < 1.29 is 0 Å². The van der Waals surface area contributed by atoms with E-state index in [0.717, 1.165) is 72.2 Å². The molecule has 10 aromatic rings. The molecule has 0 atom stereocenters. The zero-order valence-electron chi connectivity index (χ0n) is 33.7. The number of fused-ring (bicyclic) bond motifs is 5. The molecule has 288 valence electrons. The lowest BCUT2D eigenvalue weighted by Crippen LogP contribution is -2.30. The van der Waals surface area contributed by atoms with Gasteiger partial charge < -0.3 is 4.90 Å². The summed E-state index contributed by atoms with van der Waals surface area (Å²) in [5.74, 6) is 1.56. The molecule has 0 radical (unpaired) electrons. The molecule has 0 saturated carbocycles. The Morgan fingerprint density at radius 3 is 1.39 bits per heavy atom. The van der Waals surface area contributed by atoms with E-state index in [1.807, 2.05) is 54.6 Å². The van der Waals surface area contributed by atoms with Crippen LogP contribution in [0.2, 0.25) is 0 Å². The summed E-state index contributed by atoms with van der Waals surface area (Å²) in [5, 5.41) is 2.25. The van der Waals surface area contributed by atoms with Crippen LogP contribution in [-0.4, -0.2) is 19.5 Å². The largest absolute Gasteiger partial charge is 0.320 e. The second-order valence-electron chi connectivity index (χ2n) is 16.0. The van der Waals surface area contributed by atoms with Crippen LogP contribution in [0.5, 0.6) is 0 Å². The molecule has 11 rings (SSSR count). The minimum atomic E-state index is -0.350. The molecule has 8 aromatic carbocycles. The first kappa shape index (κ1) is 36.0. The van der Waals surface area contributed by atoms with E-state index in [9.17, 15) is 0 Å². The number of benzene rings is 8. The van der Waals surface area contributed by atoms with E-state index in [0.29, 0.717) is 23.3 Å². The first-order chi connectivity index (χ1) is 30.0. The number of nitrogens with zero attached hydrogens (tertiary/aromatic N) is 6. The zero-order valence-corrected chi connectivity index (χ0v) is 33.7. The lowest BCUT2D eigenvalue weighted by atomic mass is 9.72. The summed E-state index contributed by atoms with van der Waals surface area (Å²) < 4.78 is 2.11. The molecule has 0 unspecified atom stereocenters. The Hall–Kier alpha value is -8.14. The van der Waals surface area contributed by atoms with Crippen LogP contribution >= 0.6 is 0 Å². The Labute approximate surface area is 354 Å². The molecule has 2 aromatic heterocycles. The van der Waals surface area contributed by atoms with Crippen molar-refractivity contribution >= 4 is 44.6 Å². The van der Waals surface area contributed by atoms with Gasteiger partial charge in [-0.3, -0.25) is 4.57 Å². The van der Waals surface area contributed by atoms with Gasteiger partial charge >= 0.3 is 0 Å². The zero-order chi connectivity index (χ0) is 41.1. The molecule has 3 heterocycles. The highest BCUT2D eigenvalue weighted by Crippen LogP contribution is 2.55. The second kappa shape index (κ2) is 14.3. The molecule has 0 N–H and O–H groups in total. The molecule has 0 spiro atoms. The maximum absolute atomic E-state index is 8.66. The first-order valence-electron chi connectivity index (χ1n) is 20.5. The van der Waals surface area contributed by atoms with Gasteiger partial charge in [-0.2, -0.15) is 9.97 Å². The van der Waals surface area contributed by atoms with Crippen LogP contribution in [0.25, 0.3) is 77.6 Å². The third kappa shape index (κ3) is 5.98. The average molecular weight is 783 g/mol. The van der Waals surface area contributed by atoms with Gasteiger partial charge in [0.1, 0.15) is 0 Å². The summed E-state index contributed by atoms with van der Waals surface area (Å²) >= 11 is 0. The van der Waals surface area contributed by atoms with Gasteiger partial charge in [-0.25, -0.2) is 9.83 Å². The molecule has 61 heavy (non-hydrogen) atoms. The third-order valence-corrected chi connectivity index (χ3v) is 12.1. The lowest BCUT2D eigenvalue weighted by Gasteiger charge is -2.43. The SMILES string of the molecule is [C-]#[N+]c1cc(-c2nc(-c3ccccc3)nc(-n3c4ccccc4c4ccccc43)n2)ccc1N1c2ccc(-c3ccccc3)cc2C(C)(C)c2cc(-c3ccccc3)ccc21. The van der Waals surface area contributed by atoms with Crippen LogP contribution in [0.15, 0.2) is 194 Å². The van der Waals surface area contributed by atoms with Gasteiger partial charge in [0, 0.05) is 38.7 Å². The van der Waals surface area contributed by atoms with Gasteiger partial charge in [0.2, 0.25) is 11.6 Å². The Morgan fingerprint density at radius 1 is 0.426 bits per heavy atom. The van der Waals surface area contributed by atoms with Crippen molar-refractivity contribution in [1.29, 1.82) is 0 Å². The van der Waals surface area contributed by atoms with Crippen molar-refractivity contribution in [2.45, 2.75) is 19.3 Å². The van der Waals surface area contributed by atoms with E-state index in [1.54, 1.807) is 0 Å². The molecule has 1 aliphatic rings. The van der Waals surface area contributed by atoms with Crippen LogP contribution < -0.4 is 4.90 Å². The van der Waals surface area contributed by atoms with Gasteiger partial charge in [-0.1, -0.05) is 159 Å². The summed E-state index contributed by atoms with van der Waals surface area (Å²) in [7, 11) is 0. The normalized spacial score (nSPS) is 12.8. The summed E-state index contributed by atoms with van der Waals surface area (Å²) in [4.78, 5) is 21.8. The number of anilines is 3. The van der Waals surface area contributed by atoms with Crippen LogP contribution in [0.4, 0.5) is 22.7 Å². The van der Waals surface area contributed by atoms with E-state index in [2.05, 4.69) is 168 Å². The van der Waals surface area contributed by atoms with E-state index < -0.39 is 0 Å². The van der Waals surface area contributed by atoms with Gasteiger partial charge in [-0.15, -0.1) is 0 Å². The van der Waals surface area contributed by atoms with Crippen molar-refractivity contribution in [1.82, 2.24) is 19.5 Å².